The summed E-state index contributed by atoms with van der Waals surface area (Å²) in [5.74, 6) is -1.10. The van der Waals surface area contributed by atoms with Crippen LogP contribution in [0.5, 0.6) is 11.5 Å². The van der Waals surface area contributed by atoms with Gasteiger partial charge in [0, 0.05) is 55.6 Å². The number of ether oxygens (including phenoxy) is 4. The normalized spacial score (nSPS) is 15.3. The predicted octanol–water partition coefficient (Wildman–Crippen LogP) is 2.55. The van der Waals surface area contributed by atoms with E-state index in [0.29, 0.717) is 41.0 Å². The first-order valence-corrected chi connectivity index (χ1v) is 18.3. The van der Waals surface area contributed by atoms with E-state index >= 15 is 0 Å². The van der Waals surface area contributed by atoms with Crippen molar-refractivity contribution in [1.82, 2.24) is 24.7 Å². The maximum atomic E-state index is 13.2. The van der Waals surface area contributed by atoms with E-state index in [-0.39, 0.29) is 74.1 Å². The molecule has 300 valence electrons. The molecule has 2 aromatic heterocycles. The highest BCUT2D eigenvalue weighted by Gasteiger charge is 2.45. The Labute approximate surface area is 328 Å². The summed E-state index contributed by atoms with van der Waals surface area (Å²) in [4.78, 5) is 83.5. The van der Waals surface area contributed by atoms with Gasteiger partial charge in [0.05, 0.1) is 69.1 Å². The lowest BCUT2D eigenvalue weighted by Crippen LogP contribution is -2.54. The lowest BCUT2D eigenvalue weighted by Gasteiger charge is -2.27. The van der Waals surface area contributed by atoms with Crippen LogP contribution < -0.4 is 31.0 Å². The molecule has 4 aromatic rings. The van der Waals surface area contributed by atoms with Crippen LogP contribution in [0.15, 0.2) is 53.6 Å². The van der Waals surface area contributed by atoms with Crippen molar-refractivity contribution in [2.24, 2.45) is 7.05 Å². The number of piperidine rings is 1. The topological polar surface area (TPSA) is 200 Å². The molecule has 2 aliphatic heterocycles. The second-order valence-electron chi connectivity index (χ2n) is 13.8. The van der Waals surface area contributed by atoms with E-state index in [0.717, 1.165) is 21.6 Å². The fourth-order valence-electron chi connectivity index (χ4n) is 6.88. The highest BCUT2D eigenvalue weighted by molar-refractivity contribution is 6.25. The highest BCUT2D eigenvalue weighted by atomic mass is 16.5. The first kappa shape index (κ1) is 40.5. The minimum Gasteiger partial charge on any atom is -0.496 e. The SMILES string of the molecule is COc1cc(-c2cn(C)c(=O)c3cc(NC(=O)CCOCCOCCNc4cccc5c4C(=O)N(C4CCC(=O)NC4=O)C5=O)ncc23)cc(OC)c1CN(C)C. The van der Waals surface area contributed by atoms with Gasteiger partial charge in [0.2, 0.25) is 17.7 Å². The number of methoxy groups -OCH3 is 2. The van der Waals surface area contributed by atoms with E-state index in [2.05, 4.69) is 20.9 Å². The van der Waals surface area contributed by atoms with E-state index < -0.39 is 29.7 Å². The van der Waals surface area contributed by atoms with E-state index in [1.165, 1.54) is 10.6 Å². The van der Waals surface area contributed by atoms with Crippen LogP contribution in [0.4, 0.5) is 11.5 Å². The Kier molecular flexibility index (Phi) is 12.6. The lowest BCUT2D eigenvalue weighted by molar-refractivity contribution is -0.136. The molecule has 0 bridgehead atoms. The average Bonchev–Trinajstić information content (AvgIpc) is 3.44. The van der Waals surface area contributed by atoms with Gasteiger partial charge in [0.15, 0.2) is 0 Å². The Morgan fingerprint density at radius 2 is 1.65 bits per heavy atom. The molecule has 0 spiro atoms. The van der Waals surface area contributed by atoms with Gasteiger partial charge in [-0.1, -0.05) is 6.07 Å². The number of aromatic nitrogens is 2. The van der Waals surface area contributed by atoms with Crippen LogP contribution in [0, 0.1) is 0 Å². The fraction of sp³-hybridized carbons (Fsp3) is 0.375. The van der Waals surface area contributed by atoms with Crippen LogP contribution in [0.3, 0.4) is 0 Å². The number of imide groups is 2. The van der Waals surface area contributed by atoms with Gasteiger partial charge < -0.3 is 39.0 Å². The molecular formula is C40H45N7O10. The molecule has 17 nitrogen and oxygen atoms in total. The van der Waals surface area contributed by atoms with Gasteiger partial charge in [0.1, 0.15) is 23.4 Å². The van der Waals surface area contributed by atoms with Crippen molar-refractivity contribution in [3.05, 3.63) is 75.8 Å². The number of rotatable bonds is 17. The van der Waals surface area contributed by atoms with Crippen molar-refractivity contribution in [1.29, 1.82) is 0 Å². The predicted molar refractivity (Wildman–Crippen MR) is 209 cm³/mol. The van der Waals surface area contributed by atoms with Crippen molar-refractivity contribution in [2.45, 2.75) is 31.8 Å². The largest absolute Gasteiger partial charge is 0.496 e. The van der Waals surface area contributed by atoms with Crippen molar-refractivity contribution < 1.29 is 42.9 Å². The zero-order valence-electron chi connectivity index (χ0n) is 32.4. The van der Waals surface area contributed by atoms with Crippen LogP contribution in [0.1, 0.15) is 45.5 Å². The summed E-state index contributed by atoms with van der Waals surface area (Å²) in [6, 6.07) is 9.16. The summed E-state index contributed by atoms with van der Waals surface area (Å²) in [5, 5.41) is 9.02. The number of nitrogens with zero attached hydrogens (tertiary/aromatic N) is 4. The molecule has 1 fully saturated rings. The Balaban J connectivity index is 0.965. The summed E-state index contributed by atoms with van der Waals surface area (Å²) in [6.07, 6.45) is 3.46. The number of carbonyl (C=O) groups is 5. The summed E-state index contributed by atoms with van der Waals surface area (Å²) in [5.41, 5.74) is 2.94. The van der Waals surface area contributed by atoms with E-state index in [9.17, 15) is 28.8 Å². The Morgan fingerprint density at radius 3 is 2.33 bits per heavy atom. The second kappa shape index (κ2) is 17.7. The molecule has 1 atom stereocenters. The molecule has 1 unspecified atom stereocenters. The Bertz CT molecular complexity index is 2260. The molecule has 4 heterocycles. The van der Waals surface area contributed by atoms with Crippen LogP contribution in [0.25, 0.3) is 21.9 Å². The van der Waals surface area contributed by atoms with E-state index in [4.69, 9.17) is 18.9 Å². The third-order valence-corrected chi connectivity index (χ3v) is 9.60. The summed E-state index contributed by atoms with van der Waals surface area (Å²) >= 11 is 0. The Hall–Kier alpha value is -6.17. The van der Waals surface area contributed by atoms with Gasteiger partial charge >= 0.3 is 0 Å². The molecule has 57 heavy (non-hydrogen) atoms. The number of aryl methyl sites for hydroxylation is 1. The van der Waals surface area contributed by atoms with Gasteiger partial charge in [-0.05, 0) is 56.4 Å². The highest BCUT2D eigenvalue weighted by Crippen LogP contribution is 2.38. The fourth-order valence-corrected chi connectivity index (χ4v) is 6.88. The third kappa shape index (κ3) is 8.80. The van der Waals surface area contributed by atoms with E-state index in [1.54, 1.807) is 51.9 Å². The maximum absolute atomic E-state index is 13.2. The zero-order valence-corrected chi connectivity index (χ0v) is 32.4. The second-order valence-corrected chi connectivity index (χ2v) is 13.8. The molecule has 0 radical (unpaired) electrons. The summed E-state index contributed by atoms with van der Waals surface area (Å²) in [6.45, 7) is 1.76. The molecule has 0 aliphatic carbocycles. The molecule has 0 saturated carbocycles. The molecular weight excluding hydrogens is 738 g/mol. The molecule has 6 rings (SSSR count). The first-order chi connectivity index (χ1) is 27.4. The number of benzene rings is 2. The number of nitrogens with one attached hydrogen (secondary N) is 3. The number of pyridine rings is 2. The lowest BCUT2D eigenvalue weighted by atomic mass is 9.99. The van der Waals surface area contributed by atoms with Gasteiger partial charge in [0.25, 0.3) is 17.4 Å². The van der Waals surface area contributed by atoms with Gasteiger partial charge in [-0.25, -0.2) is 4.98 Å². The first-order valence-electron chi connectivity index (χ1n) is 18.3. The molecule has 3 N–H and O–H groups in total. The van der Waals surface area contributed by atoms with Gasteiger partial charge in [-0.15, -0.1) is 0 Å². The molecule has 2 aliphatic rings. The quantitative estimate of drug-likeness (QED) is 0.104. The summed E-state index contributed by atoms with van der Waals surface area (Å²) in [7, 11) is 8.78. The van der Waals surface area contributed by atoms with Crippen molar-refractivity contribution >= 4 is 51.8 Å². The van der Waals surface area contributed by atoms with Crippen LogP contribution in [-0.4, -0.2) is 116 Å². The number of hydrogen-bond donors (Lipinski definition) is 3. The van der Waals surface area contributed by atoms with Gasteiger partial charge in [-0.3, -0.25) is 39.0 Å². The third-order valence-electron chi connectivity index (χ3n) is 9.60. The van der Waals surface area contributed by atoms with Crippen molar-refractivity contribution in [3.8, 4) is 22.6 Å². The number of fused-ring (bicyclic) bond motifs is 2. The molecule has 17 heteroatoms. The monoisotopic (exact) mass is 783 g/mol. The smallest absolute Gasteiger partial charge is 0.264 e. The standard InChI is InChI=1S/C40H45N7O10/c1-45(2)21-28-31(54-4)17-23(18-32(28)55-5)27-22-46(3)38(51)25-19-33(42-20-26(25)27)43-35(49)11-13-56-15-16-57-14-12-41-29-8-6-7-24-36(29)40(53)47(39(24)52)30-9-10-34(48)44-37(30)50/h6-8,17-20,22,30,41H,9-16,21H2,1-5H3,(H,42,43,49)(H,44,48,50). The maximum Gasteiger partial charge on any atom is 0.264 e. The zero-order chi connectivity index (χ0) is 40.8. The molecule has 5 amide bonds. The number of anilines is 2. The number of amides is 5. The number of carbonyl (C=O) groups excluding carboxylic acids is 5. The van der Waals surface area contributed by atoms with Crippen LogP contribution in [-0.2, 0) is 37.4 Å². The average molecular weight is 784 g/mol. The minimum atomic E-state index is -1.05. The van der Waals surface area contributed by atoms with Crippen molar-refractivity contribution in [2.75, 3.05) is 71.9 Å². The van der Waals surface area contributed by atoms with Crippen molar-refractivity contribution in [3.63, 3.8) is 0 Å². The van der Waals surface area contributed by atoms with E-state index in [1.807, 2.05) is 31.1 Å². The number of hydrogen-bond acceptors (Lipinski definition) is 13. The summed E-state index contributed by atoms with van der Waals surface area (Å²) < 4.78 is 24.1. The van der Waals surface area contributed by atoms with Crippen LogP contribution >= 0.6 is 0 Å². The Morgan fingerprint density at radius 1 is 0.930 bits per heavy atom. The van der Waals surface area contributed by atoms with Crippen LogP contribution in [0.2, 0.25) is 0 Å². The molecule has 1 saturated heterocycles. The minimum absolute atomic E-state index is 0.0405. The molecule has 2 aromatic carbocycles. The van der Waals surface area contributed by atoms with Gasteiger partial charge in [-0.2, -0.15) is 0 Å².